The van der Waals surface area contributed by atoms with E-state index in [0.717, 1.165) is 11.4 Å². The van der Waals surface area contributed by atoms with Gasteiger partial charge in [0.25, 0.3) is 0 Å². The lowest BCUT2D eigenvalue weighted by atomic mass is 10.1. The van der Waals surface area contributed by atoms with E-state index >= 15 is 0 Å². The monoisotopic (exact) mass is 222 g/mol. The fourth-order valence-corrected chi connectivity index (χ4v) is 1.61. The Morgan fingerprint density at radius 3 is 2.87 bits per heavy atom. The maximum absolute atomic E-state index is 9.27. The van der Waals surface area contributed by atoms with Crippen molar-refractivity contribution in [3.05, 3.63) is 47.0 Å². The molecule has 0 radical (unpaired) electrons. The van der Waals surface area contributed by atoms with E-state index in [9.17, 15) is 5.11 Å². The van der Waals surface area contributed by atoms with Crippen molar-refractivity contribution >= 4 is 11.6 Å². The maximum Gasteiger partial charge on any atom is 0.134 e. The van der Waals surface area contributed by atoms with E-state index in [-0.39, 0.29) is 5.75 Å². The zero-order valence-corrected chi connectivity index (χ0v) is 9.07. The first-order valence-corrected chi connectivity index (χ1v) is 4.98. The third kappa shape index (κ3) is 2.13. The van der Waals surface area contributed by atoms with Gasteiger partial charge in [0.2, 0.25) is 0 Å². The lowest BCUT2D eigenvalue weighted by molar-refractivity contribution is 0.475. The van der Waals surface area contributed by atoms with Gasteiger partial charge in [-0.25, -0.2) is 4.98 Å². The van der Waals surface area contributed by atoms with E-state index < -0.39 is 0 Å². The van der Waals surface area contributed by atoms with Gasteiger partial charge < -0.3 is 9.67 Å². The van der Waals surface area contributed by atoms with Crippen molar-refractivity contribution in [1.82, 2.24) is 9.55 Å². The number of imidazole rings is 1. The molecule has 0 saturated carbocycles. The average Bonchev–Trinajstić information content (AvgIpc) is 2.59. The van der Waals surface area contributed by atoms with Gasteiger partial charge in [0, 0.05) is 25.9 Å². The largest absolute Gasteiger partial charge is 0.506 e. The van der Waals surface area contributed by atoms with Crippen LogP contribution < -0.4 is 0 Å². The number of hydrogen-bond acceptors (Lipinski definition) is 2. The molecular formula is C11H11ClN2O. The van der Waals surface area contributed by atoms with Gasteiger partial charge >= 0.3 is 0 Å². The predicted octanol–water partition coefficient (Wildman–Crippen LogP) is 2.37. The molecule has 0 aliphatic carbocycles. The summed E-state index contributed by atoms with van der Waals surface area (Å²) in [7, 11) is 1.95. The number of aromatic hydroxyl groups is 1. The second-order valence-electron chi connectivity index (χ2n) is 3.42. The number of phenolic OH excluding ortho intramolecular Hbond substituents is 1. The van der Waals surface area contributed by atoms with Crippen LogP contribution in [0.1, 0.15) is 11.4 Å². The number of hydrogen-bond donors (Lipinski definition) is 1. The number of benzene rings is 1. The molecule has 0 amide bonds. The molecule has 1 heterocycles. The van der Waals surface area contributed by atoms with Gasteiger partial charge in [-0.2, -0.15) is 0 Å². The Morgan fingerprint density at radius 1 is 1.47 bits per heavy atom. The van der Waals surface area contributed by atoms with Crippen LogP contribution in [0, 0.1) is 0 Å². The molecular weight excluding hydrogens is 212 g/mol. The van der Waals surface area contributed by atoms with Crippen LogP contribution in [0.25, 0.3) is 0 Å². The molecule has 4 heteroatoms. The van der Waals surface area contributed by atoms with E-state index in [0.29, 0.717) is 11.4 Å². The number of halogens is 1. The van der Waals surface area contributed by atoms with Gasteiger partial charge in [0.1, 0.15) is 11.6 Å². The van der Waals surface area contributed by atoms with Crippen molar-refractivity contribution in [3.63, 3.8) is 0 Å². The van der Waals surface area contributed by atoms with Gasteiger partial charge in [0.15, 0.2) is 0 Å². The third-order valence-corrected chi connectivity index (χ3v) is 2.60. The molecule has 0 fully saturated rings. The highest BCUT2D eigenvalue weighted by Crippen LogP contribution is 2.24. The molecule has 78 valence electrons. The highest BCUT2D eigenvalue weighted by atomic mass is 35.5. The maximum atomic E-state index is 9.27. The highest BCUT2D eigenvalue weighted by Gasteiger charge is 2.04. The summed E-state index contributed by atoms with van der Waals surface area (Å²) < 4.78 is 1.96. The van der Waals surface area contributed by atoms with Gasteiger partial charge in [-0.3, -0.25) is 0 Å². The molecule has 0 spiro atoms. The van der Waals surface area contributed by atoms with Gasteiger partial charge in [-0.1, -0.05) is 17.7 Å². The standard InChI is InChI=1S/C11H11ClN2O/c1-14-5-4-13-11(14)7-8-2-3-10(15)9(12)6-8/h2-6,15H,7H2,1H3. The molecule has 2 aromatic rings. The van der Waals surface area contributed by atoms with Crippen LogP contribution in [0.2, 0.25) is 5.02 Å². The third-order valence-electron chi connectivity index (χ3n) is 2.30. The van der Waals surface area contributed by atoms with E-state index in [1.54, 1.807) is 18.3 Å². The number of aryl methyl sites for hydroxylation is 1. The van der Waals surface area contributed by atoms with E-state index in [1.165, 1.54) is 0 Å². The second kappa shape index (κ2) is 3.95. The summed E-state index contributed by atoms with van der Waals surface area (Å²) in [5.41, 5.74) is 1.03. The van der Waals surface area contributed by atoms with Crippen LogP contribution >= 0.6 is 11.6 Å². The minimum Gasteiger partial charge on any atom is -0.506 e. The molecule has 0 aliphatic rings. The Morgan fingerprint density at radius 2 is 2.27 bits per heavy atom. The Hall–Kier alpha value is -1.48. The molecule has 1 aromatic heterocycles. The summed E-state index contributed by atoms with van der Waals surface area (Å²) in [4.78, 5) is 4.22. The van der Waals surface area contributed by atoms with E-state index in [2.05, 4.69) is 4.98 Å². The van der Waals surface area contributed by atoms with Gasteiger partial charge in [0.05, 0.1) is 5.02 Å². The van der Waals surface area contributed by atoms with Gasteiger partial charge in [-0.05, 0) is 17.7 Å². The van der Waals surface area contributed by atoms with Crippen LogP contribution in [0.5, 0.6) is 5.75 Å². The van der Waals surface area contributed by atoms with Crippen LogP contribution in [0.15, 0.2) is 30.6 Å². The smallest absolute Gasteiger partial charge is 0.134 e. The summed E-state index contributed by atoms with van der Waals surface area (Å²) >= 11 is 5.82. The Labute approximate surface area is 93.0 Å². The summed E-state index contributed by atoms with van der Waals surface area (Å²) in [6.45, 7) is 0. The molecule has 3 nitrogen and oxygen atoms in total. The Balaban J connectivity index is 2.25. The zero-order chi connectivity index (χ0) is 10.8. The molecule has 2 rings (SSSR count). The topological polar surface area (TPSA) is 38.0 Å². The number of aromatic nitrogens is 2. The van der Waals surface area contributed by atoms with E-state index in [1.807, 2.05) is 23.9 Å². The minimum atomic E-state index is 0.111. The van der Waals surface area contributed by atoms with Crippen molar-refractivity contribution < 1.29 is 5.11 Å². The highest BCUT2D eigenvalue weighted by molar-refractivity contribution is 6.32. The van der Waals surface area contributed by atoms with Crippen molar-refractivity contribution in [1.29, 1.82) is 0 Å². The summed E-state index contributed by atoms with van der Waals surface area (Å²) in [5, 5.41) is 9.65. The first-order valence-electron chi connectivity index (χ1n) is 4.60. The first kappa shape index (κ1) is 10.1. The summed E-state index contributed by atoms with van der Waals surface area (Å²) in [6, 6.07) is 5.20. The van der Waals surface area contributed by atoms with Crippen molar-refractivity contribution in [2.45, 2.75) is 6.42 Å². The molecule has 1 N–H and O–H groups in total. The van der Waals surface area contributed by atoms with Gasteiger partial charge in [-0.15, -0.1) is 0 Å². The molecule has 0 saturated heterocycles. The molecule has 15 heavy (non-hydrogen) atoms. The van der Waals surface area contributed by atoms with E-state index in [4.69, 9.17) is 11.6 Å². The SMILES string of the molecule is Cn1ccnc1Cc1ccc(O)c(Cl)c1. The summed E-state index contributed by atoms with van der Waals surface area (Å²) in [5.74, 6) is 1.08. The molecule has 1 aromatic carbocycles. The van der Waals surface area contributed by atoms with Crippen molar-refractivity contribution in [2.24, 2.45) is 7.05 Å². The van der Waals surface area contributed by atoms with Crippen LogP contribution in [0.4, 0.5) is 0 Å². The molecule has 0 atom stereocenters. The lowest BCUT2D eigenvalue weighted by Gasteiger charge is -2.03. The molecule has 0 aliphatic heterocycles. The number of nitrogens with zero attached hydrogens (tertiary/aromatic N) is 2. The fraction of sp³-hybridized carbons (Fsp3) is 0.182. The number of phenols is 1. The average molecular weight is 223 g/mol. The van der Waals surface area contributed by atoms with Crippen LogP contribution in [-0.4, -0.2) is 14.7 Å². The first-order chi connectivity index (χ1) is 7.16. The lowest BCUT2D eigenvalue weighted by Crippen LogP contribution is -1.98. The molecule has 0 unspecified atom stereocenters. The second-order valence-corrected chi connectivity index (χ2v) is 3.82. The normalized spacial score (nSPS) is 10.5. The van der Waals surface area contributed by atoms with Crippen molar-refractivity contribution in [3.8, 4) is 5.75 Å². The van der Waals surface area contributed by atoms with Crippen LogP contribution in [-0.2, 0) is 13.5 Å². The summed E-state index contributed by atoms with van der Waals surface area (Å²) in [6.07, 6.45) is 4.37. The Kier molecular flexibility index (Phi) is 2.64. The fourth-order valence-electron chi connectivity index (χ4n) is 1.41. The quantitative estimate of drug-likeness (QED) is 0.847. The predicted molar refractivity (Wildman–Crippen MR) is 59.1 cm³/mol. The zero-order valence-electron chi connectivity index (χ0n) is 8.31. The van der Waals surface area contributed by atoms with Crippen LogP contribution in [0.3, 0.4) is 0 Å². The van der Waals surface area contributed by atoms with Crippen molar-refractivity contribution in [2.75, 3.05) is 0 Å². The molecule has 0 bridgehead atoms. The minimum absolute atomic E-state index is 0.111. The number of rotatable bonds is 2. The Bertz CT molecular complexity index is 479.